The van der Waals surface area contributed by atoms with Crippen molar-refractivity contribution in [3.8, 4) is 0 Å². The molecule has 1 rings (SSSR count). The van der Waals surface area contributed by atoms with E-state index >= 15 is 0 Å². The highest BCUT2D eigenvalue weighted by atomic mass is 16.6. The van der Waals surface area contributed by atoms with E-state index in [-0.39, 0.29) is 5.78 Å². The van der Waals surface area contributed by atoms with E-state index in [2.05, 4.69) is 0 Å². The van der Waals surface area contributed by atoms with Gasteiger partial charge in [0.05, 0.1) is 16.3 Å². The van der Waals surface area contributed by atoms with Crippen molar-refractivity contribution in [3.63, 3.8) is 0 Å². The molecule has 1 aromatic carbocycles. The number of para-hydroxylation sites is 1. The SMILES string of the molecule is CC(C)C(=O)CC(=O)c1cccc([N+](=O)[O-])c1[N+](=O)[O-]. The minimum Gasteiger partial charge on any atom is -0.299 e. The summed E-state index contributed by atoms with van der Waals surface area (Å²) in [4.78, 5) is 43.2. The van der Waals surface area contributed by atoms with Gasteiger partial charge in [-0.2, -0.15) is 0 Å². The number of hydrogen-bond acceptors (Lipinski definition) is 6. The van der Waals surface area contributed by atoms with Gasteiger partial charge in [0.25, 0.3) is 0 Å². The maximum atomic E-state index is 11.9. The summed E-state index contributed by atoms with van der Waals surface area (Å²) in [6.07, 6.45) is -0.514. The van der Waals surface area contributed by atoms with Crippen LogP contribution in [0.3, 0.4) is 0 Å². The van der Waals surface area contributed by atoms with Gasteiger partial charge in [0.2, 0.25) is 0 Å². The quantitative estimate of drug-likeness (QED) is 0.341. The van der Waals surface area contributed by atoms with E-state index in [0.717, 1.165) is 12.1 Å². The Morgan fingerprint density at radius 2 is 1.75 bits per heavy atom. The van der Waals surface area contributed by atoms with Crippen LogP contribution >= 0.6 is 0 Å². The molecule has 0 N–H and O–H groups in total. The fraction of sp³-hybridized carbons (Fsp3) is 0.333. The lowest BCUT2D eigenvalue weighted by Gasteiger charge is -2.04. The van der Waals surface area contributed by atoms with Crippen LogP contribution in [0.2, 0.25) is 0 Å². The molecule has 0 aliphatic carbocycles. The van der Waals surface area contributed by atoms with Crippen LogP contribution in [0.25, 0.3) is 0 Å². The van der Waals surface area contributed by atoms with E-state index in [1.54, 1.807) is 13.8 Å². The van der Waals surface area contributed by atoms with Crippen molar-refractivity contribution in [2.45, 2.75) is 20.3 Å². The molecule has 0 aliphatic rings. The van der Waals surface area contributed by atoms with Crippen LogP contribution < -0.4 is 0 Å². The van der Waals surface area contributed by atoms with Gasteiger partial charge in [0.15, 0.2) is 5.78 Å². The van der Waals surface area contributed by atoms with E-state index < -0.39 is 44.9 Å². The van der Waals surface area contributed by atoms with Crippen LogP contribution in [-0.4, -0.2) is 21.4 Å². The van der Waals surface area contributed by atoms with Gasteiger partial charge in [-0.3, -0.25) is 29.8 Å². The Morgan fingerprint density at radius 3 is 2.20 bits per heavy atom. The number of nitro benzene ring substituents is 2. The first-order valence-electron chi connectivity index (χ1n) is 5.73. The average Bonchev–Trinajstić information content (AvgIpc) is 2.37. The van der Waals surface area contributed by atoms with Crippen molar-refractivity contribution >= 4 is 22.9 Å². The number of nitro groups is 2. The highest BCUT2D eigenvalue weighted by molar-refractivity contribution is 6.11. The Bertz CT molecular complexity index is 594. The molecule has 1 aromatic rings. The highest BCUT2D eigenvalue weighted by Crippen LogP contribution is 2.31. The molecule has 0 heterocycles. The summed E-state index contributed by atoms with van der Waals surface area (Å²) in [5, 5.41) is 21.7. The predicted molar refractivity (Wildman–Crippen MR) is 68.5 cm³/mol. The molecule has 0 radical (unpaired) electrons. The molecule has 0 fully saturated rings. The fourth-order valence-corrected chi connectivity index (χ4v) is 1.55. The van der Waals surface area contributed by atoms with Crippen LogP contribution in [0, 0.1) is 26.1 Å². The number of hydrogen-bond donors (Lipinski definition) is 0. The van der Waals surface area contributed by atoms with Crippen molar-refractivity contribution in [3.05, 3.63) is 44.0 Å². The summed E-state index contributed by atoms with van der Waals surface area (Å²) >= 11 is 0. The maximum Gasteiger partial charge on any atom is 0.356 e. The van der Waals surface area contributed by atoms with Crippen LogP contribution in [0.1, 0.15) is 30.6 Å². The third kappa shape index (κ3) is 3.22. The van der Waals surface area contributed by atoms with E-state index in [1.165, 1.54) is 6.07 Å². The zero-order chi connectivity index (χ0) is 15.4. The molecule has 0 saturated carbocycles. The fourth-order valence-electron chi connectivity index (χ4n) is 1.55. The lowest BCUT2D eigenvalue weighted by atomic mass is 9.98. The van der Waals surface area contributed by atoms with E-state index in [9.17, 15) is 29.8 Å². The molecule has 0 spiro atoms. The second-order valence-electron chi connectivity index (χ2n) is 4.41. The van der Waals surface area contributed by atoms with Gasteiger partial charge in [-0.25, -0.2) is 0 Å². The van der Waals surface area contributed by atoms with Gasteiger partial charge in [-0.15, -0.1) is 0 Å². The minimum absolute atomic E-state index is 0.379. The largest absolute Gasteiger partial charge is 0.356 e. The van der Waals surface area contributed by atoms with Crippen LogP contribution in [0.5, 0.6) is 0 Å². The monoisotopic (exact) mass is 280 g/mol. The van der Waals surface area contributed by atoms with Gasteiger partial charge in [0.1, 0.15) is 11.3 Å². The highest BCUT2D eigenvalue weighted by Gasteiger charge is 2.31. The first-order valence-corrected chi connectivity index (χ1v) is 5.73. The standard InChI is InChI=1S/C12H12N2O6/c1-7(2)10(15)6-11(16)8-4-3-5-9(13(17)18)12(8)14(19)20/h3-5,7H,6H2,1-2H3. The zero-order valence-electron chi connectivity index (χ0n) is 10.9. The molecular formula is C12H12N2O6. The number of nitrogens with zero attached hydrogens (tertiary/aromatic N) is 2. The molecule has 8 heteroatoms. The van der Waals surface area contributed by atoms with E-state index in [0.29, 0.717) is 0 Å². The van der Waals surface area contributed by atoms with Crippen molar-refractivity contribution in [1.29, 1.82) is 0 Å². The normalized spacial score (nSPS) is 10.3. The summed E-state index contributed by atoms with van der Waals surface area (Å²) in [5.41, 5.74) is -2.06. The van der Waals surface area contributed by atoms with Gasteiger partial charge in [0, 0.05) is 12.0 Å². The Kier molecular flexibility index (Phi) is 4.63. The second-order valence-corrected chi connectivity index (χ2v) is 4.41. The number of carbonyl (C=O) groups is 2. The number of rotatable bonds is 6. The smallest absolute Gasteiger partial charge is 0.299 e. The Hall–Kier alpha value is -2.64. The Balaban J connectivity index is 3.28. The van der Waals surface area contributed by atoms with Crippen LogP contribution in [0.4, 0.5) is 11.4 Å². The first-order chi connectivity index (χ1) is 9.25. The number of benzene rings is 1. The molecule has 106 valence electrons. The van der Waals surface area contributed by atoms with Crippen LogP contribution in [-0.2, 0) is 4.79 Å². The van der Waals surface area contributed by atoms with Crippen molar-refractivity contribution in [2.75, 3.05) is 0 Å². The van der Waals surface area contributed by atoms with Gasteiger partial charge < -0.3 is 0 Å². The maximum absolute atomic E-state index is 11.9. The van der Waals surface area contributed by atoms with Crippen molar-refractivity contribution < 1.29 is 19.4 Å². The molecule has 0 aromatic heterocycles. The molecule has 0 saturated heterocycles. The minimum atomic E-state index is -0.981. The molecule has 0 aliphatic heterocycles. The molecule has 0 unspecified atom stereocenters. The Labute approximate surface area is 113 Å². The van der Waals surface area contributed by atoms with E-state index in [4.69, 9.17) is 0 Å². The number of Topliss-reactive ketones (excluding diaryl/α,β-unsaturated/α-hetero) is 2. The summed E-state index contributed by atoms with van der Waals surface area (Å²) in [6, 6.07) is 3.23. The lowest BCUT2D eigenvalue weighted by Crippen LogP contribution is -2.15. The molecule has 20 heavy (non-hydrogen) atoms. The second kappa shape index (κ2) is 6.00. The molecular weight excluding hydrogens is 268 g/mol. The molecule has 0 amide bonds. The summed E-state index contributed by atoms with van der Waals surface area (Å²) in [5.74, 6) is -1.56. The number of carbonyl (C=O) groups excluding carboxylic acids is 2. The lowest BCUT2D eigenvalue weighted by molar-refractivity contribution is -0.422. The first kappa shape index (κ1) is 15.4. The molecule has 0 bridgehead atoms. The summed E-state index contributed by atoms with van der Waals surface area (Å²) in [6.45, 7) is 3.19. The van der Waals surface area contributed by atoms with E-state index in [1.807, 2.05) is 0 Å². The topological polar surface area (TPSA) is 120 Å². The zero-order valence-corrected chi connectivity index (χ0v) is 10.9. The summed E-state index contributed by atoms with van der Waals surface area (Å²) in [7, 11) is 0. The third-order valence-electron chi connectivity index (χ3n) is 2.67. The average molecular weight is 280 g/mol. The third-order valence-corrected chi connectivity index (χ3v) is 2.67. The van der Waals surface area contributed by atoms with Gasteiger partial charge in [-0.1, -0.05) is 19.9 Å². The van der Waals surface area contributed by atoms with Gasteiger partial charge >= 0.3 is 11.4 Å². The van der Waals surface area contributed by atoms with Crippen molar-refractivity contribution in [2.24, 2.45) is 5.92 Å². The number of ketones is 2. The Morgan fingerprint density at radius 1 is 1.15 bits per heavy atom. The van der Waals surface area contributed by atoms with Gasteiger partial charge in [-0.05, 0) is 6.07 Å². The van der Waals surface area contributed by atoms with Crippen LogP contribution in [0.15, 0.2) is 18.2 Å². The molecule has 0 atom stereocenters. The predicted octanol–water partition coefficient (Wildman–Crippen LogP) is 2.30. The molecule has 8 nitrogen and oxygen atoms in total. The summed E-state index contributed by atoms with van der Waals surface area (Å²) < 4.78 is 0. The van der Waals surface area contributed by atoms with Crippen molar-refractivity contribution in [1.82, 2.24) is 0 Å².